The van der Waals surface area contributed by atoms with Crippen LogP contribution in [0.2, 0.25) is 0 Å². The fourth-order valence-corrected chi connectivity index (χ4v) is 4.43. The molecule has 1 aliphatic heterocycles. The molecule has 1 fully saturated rings. The number of nitrogens with zero attached hydrogens (tertiary/aromatic N) is 3. The monoisotopic (exact) mass is 388 g/mol. The molecule has 0 saturated carbocycles. The van der Waals surface area contributed by atoms with Crippen molar-refractivity contribution < 1.29 is 4.79 Å². The lowest BCUT2D eigenvalue weighted by molar-refractivity contribution is -0.124. The van der Waals surface area contributed by atoms with Gasteiger partial charge in [0.1, 0.15) is 11.3 Å². The van der Waals surface area contributed by atoms with Crippen molar-refractivity contribution in [1.29, 1.82) is 0 Å². The first-order chi connectivity index (χ1) is 13.8. The summed E-state index contributed by atoms with van der Waals surface area (Å²) in [6, 6.07) is 18.7. The standard InChI is InChI=1S/C22H20N4OS/c27-21-15-25(11-10-23-21)14-18-22(19-7-4-12-28-19)24-20-9-8-17(13-26(18)20)16-5-2-1-3-6-16/h1-9,12-13H,10-11,14-15H2,(H,23,27). The lowest BCUT2D eigenvalue weighted by atomic mass is 10.1. The Balaban J connectivity index is 1.63. The molecule has 4 heterocycles. The Morgan fingerprint density at radius 2 is 1.93 bits per heavy atom. The van der Waals surface area contributed by atoms with E-state index in [0.717, 1.165) is 34.0 Å². The van der Waals surface area contributed by atoms with Crippen LogP contribution in [0, 0.1) is 0 Å². The number of pyridine rings is 1. The van der Waals surface area contributed by atoms with Gasteiger partial charge in [-0.3, -0.25) is 9.69 Å². The molecule has 3 aromatic heterocycles. The zero-order valence-electron chi connectivity index (χ0n) is 15.3. The number of hydrogen-bond acceptors (Lipinski definition) is 4. The number of benzene rings is 1. The molecule has 1 aromatic carbocycles. The molecule has 1 amide bonds. The van der Waals surface area contributed by atoms with Gasteiger partial charge >= 0.3 is 0 Å². The van der Waals surface area contributed by atoms with Gasteiger partial charge in [0.2, 0.25) is 5.91 Å². The number of carbonyl (C=O) groups excluding carboxylic acids is 1. The Morgan fingerprint density at radius 3 is 2.71 bits per heavy atom. The summed E-state index contributed by atoms with van der Waals surface area (Å²) < 4.78 is 2.18. The maximum absolute atomic E-state index is 11.8. The lowest BCUT2D eigenvalue weighted by Gasteiger charge is -2.26. The highest BCUT2D eigenvalue weighted by Gasteiger charge is 2.22. The van der Waals surface area contributed by atoms with Crippen molar-refractivity contribution in [2.75, 3.05) is 19.6 Å². The van der Waals surface area contributed by atoms with Crippen LogP contribution in [0.3, 0.4) is 0 Å². The molecular weight excluding hydrogens is 368 g/mol. The number of aromatic nitrogens is 2. The van der Waals surface area contributed by atoms with Gasteiger partial charge in [-0.05, 0) is 34.7 Å². The van der Waals surface area contributed by atoms with Crippen LogP contribution in [0.1, 0.15) is 5.69 Å². The minimum atomic E-state index is 0.0859. The first kappa shape index (κ1) is 17.2. The summed E-state index contributed by atoms with van der Waals surface area (Å²) in [6.45, 7) is 2.66. The molecule has 0 radical (unpaired) electrons. The van der Waals surface area contributed by atoms with E-state index in [2.05, 4.69) is 74.7 Å². The maximum atomic E-state index is 11.8. The van der Waals surface area contributed by atoms with Crippen molar-refractivity contribution in [3.05, 3.63) is 71.9 Å². The highest BCUT2D eigenvalue weighted by atomic mass is 32.1. The first-order valence-electron chi connectivity index (χ1n) is 9.37. The normalized spacial score (nSPS) is 15.1. The predicted molar refractivity (Wildman–Crippen MR) is 112 cm³/mol. The Morgan fingerprint density at radius 1 is 1.04 bits per heavy atom. The van der Waals surface area contributed by atoms with Gasteiger partial charge in [-0.15, -0.1) is 11.3 Å². The van der Waals surface area contributed by atoms with Gasteiger partial charge in [0, 0.05) is 25.8 Å². The van der Waals surface area contributed by atoms with Crippen molar-refractivity contribution in [3.8, 4) is 21.7 Å². The van der Waals surface area contributed by atoms with E-state index < -0.39 is 0 Å². The van der Waals surface area contributed by atoms with Gasteiger partial charge < -0.3 is 9.72 Å². The van der Waals surface area contributed by atoms with Crippen LogP contribution in [0.15, 0.2) is 66.2 Å². The molecule has 6 heteroatoms. The molecule has 140 valence electrons. The van der Waals surface area contributed by atoms with Crippen molar-refractivity contribution in [3.63, 3.8) is 0 Å². The number of amides is 1. The van der Waals surface area contributed by atoms with Crippen LogP contribution in [-0.4, -0.2) is 39.8 Å². The number of hydrogen-bond donors (Lipinski definition) is 1. The summed E-state index contributed by atoms with van der Waals surface area (Å²) in [4.78, 5) is 20.1. The van der Waals surface area contributed by atoms with E-state index >= 15 is 0 Å². The number of rotatable bonds is 4. The minimum absolute atomic E-state index is 0.0859. The zero-order valence-corrected chi connectivity index (χ0v) is 16.2. The van der Waals surface area contributed by atoms with Crippen LogP contribution in [0.4, 0.5) is 0 Å². The van der Waals surface area contributed by atoms with Crippen LogP contribution in [0.25, 0.3) is 27.3 Å². The highest BCUT2D eigenvalue weighted by molar-refractivity contribution is 7.13. The summed E-state index contributed by atoms with van der Waals surface area (Å²) in [7, 11) is 0. The number of fused-ring (bicyclic) bond motifs is 1. The molecule has 0 aliphatic carbocycles. The van der Waals surface area contributed by atoms with E-state index in [9.17, 15) is 4.79 Å². The fraction of sp³-hybridized carbons (Fsp3) is 0.182. The molecule has 5 rings (SSSR count). The molecule has 1 saturated heterocycles. The molecule has 5 nitrogen and oxygen atoms in total. The molecule has 1 N–H and O–H groups in total. The van der Waals surface area contributed by atoms with Crippen LogP contribution >= 0.6 is 11.3 Å². The van der Waals surface area contributed by atoms with Crippen molar-refractivity contribution in [1.82, 2.24) is 19.6 Å². The van der Waals surface area contributed by atoms with E-state index in [1.807, 2.05) is 6.07 Å². The topological polar surface area (TPSA) is 49.6 Å². The van der Waals surface area contributed by atoms with E-state index in [1.54, 1.807) is 11.3 Å². The van der Waals surface area contributed by atoms with Crippen LogP contribution < -0.4 is 5.32 Å². The lowest BCUT2D eigenvalue weighted by Crippen LogP contribution is -2.47. The van der Waals surface area contributed by atoms with Gasteiger partial charge in [0.05, 0.1) is 17.1 Å². The molecule has 0 spiro atoms. The summed E-state index contributed by atoms with van der Waals surface area (Å²) in [5.74, 6) is 0.0859. The van der Waals surface area contributed by atoms with Gasteiger partial charge in [0.15, 0.2) is 0 Å². The Bertz CT molecular complexity index is 1120. The third-order valence-electron chi connectivity index (χ3n) is 5.07. The second-order valence-electron chi connectivity index (χ2n) is 6.96. The number of nitrogens with one attached hydrogen (secondary N) is 1. The highest BCUT2D eigenvalue weighted by Crippen LogP contribution is 2.31. The maximum Gasteiger partial charge on any atom is 0.234 e. The third-order valence-corrected chi connectivity index (χ3v) is 5.95. The molecule has 0 unspecified atom stereocenters. The Hall–Kier alpha value is -2.96. The average Bonchev–Trinajstić information content (AvgIpc) is 3.37. The van der Waals surface area contributed by atoms with Gasteiger partial charge in [-0.2, -0.15) is 0 Å². The van der Waals surface area contributed by atoms with Crippen molar-refractivity contribution in [2.45, 2.75) is 6.54 Å². The van der Waals surface area contributed by atoms with Gasteiger partial charge in [-0.25, -0.2) is 4.98 Å². The van der Waals surface area contributed by atoms with E-state index in [4.69, 9.17) is 4.98 Å². The predicted octanol–water partition coefficient (Wildman–Crippen LogP) is 3.66. The summed E-state index contributed by atoms with van der Waals surface area (Å²) >= 11 is 1.69. The quantitative estimate of drug-likeness (QED) is 0.580. The second kappa shape index (κ2) is 7.22. The number of imidazole rings is 1. The summed E-state index contributed by atoms with van der Waals surface area (Å²) in [6.07, 6.45) is 2.16. The SMILES string of the molecule is O=C1CN(Cc2c(-c3cccs3)nc3ccc(-c4ccccc4)cn23)CCN1. The van der Waals surface area contributed by atoms with E-state index in [1.165, 1.54) is 5.56 Å². The Kier molecular flexibility index (Phi) is 4.43. The second-order valence-corrected chi connectivity index (χ2v) is 7.90. The third kappa shape index (κ3) is 3.21. The van der Waals surface area contributed by atoms with E-state index in [0.29, 0.717) is 19.6 Å². The number of thiophene rings is 1. The van der Waals surface area contributed by atoms with E-state index in [-0.39, 0.29) is 5.91 Å². The number of carbonyl (C=O) groups is 1. The minimum Gasteiger partial charge on any atom is -0.354 e. The molecule has 0 bridgehead atoms. The fourth-order valence-electron chi connectivity index (χ4n) is 3.69. The molecule has 1 aliphatic rings. The molecular formula is C22H20N4OS. The number of piperazine rings is 1. The molecule has 28 heavy (non-hydrogen) atoms. The molecule has 4 aromatic rings. The smallest absolute Gasteiger partial charge is 0.234 e. The zero-order chi connectivity index (χ0) is 18.9. The first-order valence-corrected chi connectivity index (χ1v) is 10.3. The molecule has 0 atom stereocenters. The summed E-state index contributed by atoms with van der Waals surface area (Å²) in [5, 5.41) is 4.98. The van der Waals surface area contributed by atoms with Gasteiger partial charge in [0.25, 0.3) is 0 Å². The van der Waals surface area contributed by atoms with Crippen molar-refractivity contribution >= 4 is 22.9 Å². The summed E-state index contributed by atoms with van der Waals surface area (Å²) in [5.41, 5.74) is 5.40. The van der Waals surface area contributed by atoms with Crippen LogP contribution in [-0.2, 0) is 11.3 Å². The van der Waals surface area contributed by atoms with Crippen LogP contribution in [0.5, 0.6) is 0 Å². The Labute approximate surface area is 167 Å². The van der Waals surface area contributed by atoms with Crippen molar-refractivity contribution in [2.24, 2.45) is 0 Å². The van der Waals surface area contributed by atoms with Gasteiger partial charge in [-0.1, -0.05) is 36.4 Å². The largest absolute Gasteiger partial charge is 0.354 e. The average molecular weight is 388 g/mol.